The molecule has 0 atom stereocenters. The Balaban J connectivity index is 3.98. The summed E-state index contributed by atoms with van der Waals surface area (Å²) >= 11 is 0. The summed E-state index contributed by atoms with van der Waals surface area (Å²) < 4.78 is 0. The van der Waals surface area contributed by atoms with Crippen LogP contribution < -0.4 is 0 Å². The molecule has 0 saturated carbocycles. The van der Waals surface area contributed by atoms with Crippen molar-refractivity contribution >= 4 is 11.5 Å². The van der Waals surface area contributed by atoms with Gasteiger partial charge in [0.2, 0.25) is 0 Å². The van der Waals surface area contributed by atoms with Crippen molar-refractivity contribution < 1.29 is 4.79 Å². The van der Waals surface area contributed by atoms with E-state index < -0.39 is 0 Å². The minimum atomic E-state index is 0.00403. The largest absolute Gasteiger partial charge is 0.289 e. The predicted molar refractivity (Wildman–Crippen MR) is 43.5 cm³/mol. The Hall–Kier alpha value is -0.920. The van der Waals surface area contributed by atoms with E-state index in [9.17, 15) is 4.79 Å². The number of allylic oxidation sites excluding steroid dienone is 2. The van der Waals surface area contributed by atoms with Gasteiger partial charge in [-0.25, -0.2) is 0 Å². The van der Waals surface area contributed by atoms with Crippen LogP contribution in [0.15, 0.2) is 17.1 Å². The second-order valence-electron chi connectivity index (χ2n) is 1.98. The van der Waals surface area contributed by atoms with Gasteiger partial charge in [0.25, 0.3) is 0 Å². The van der Waals surface area contributed by atoms with Gasteiger partial charge in [-0.15, -0.1) is 0 Å². The molecule has 0 aromatic heterocycles. The Labute approximate surface area is 61.7 Å². The van der Waals surface area contributed by atoms with E-state index >= 15 is 0 Å². The summed E-state index contributed by atoms with van der Waals surface area (Å²) in [6, 6.07) is 0. The van der Waals surface area contributed by atoms with Crippen molar-refractivity contribution in [1.82, 2.24) is 0 Å². The number of ketones is 1. The molecule has 0 aliphatic heterocycles. The van der Waals surface area contributed by atoms with Crippen LogP contribution in [0, 0.1) is 0 Å². The zero-order chi connectivity index (χ0) is 7.98. The molecule has 0 N–H and O–H groups in total. The van der Waals surface area contributed by atoms with E-state index in [0.29, 0.717) is 5.71 Å². The molecule has 0 saturated heterocycles. The van der Waals surface area contributed by atoms with Gasteiger partial charge in [0.05, 0.1) is 5.71 Å². The van der Waals surface area contributed by atoms with Crippen LogP contribution in [0.3, 0.4) is 0 Å². The van der Waals surface area contributed by atoms with E-state index in [4.69, 9.17) is 0 Å². The molecule has 0 aromatic rings. The zero-order valence-electron chi connectivity index (χ0n) is 6.72. The van der Waals surface area contributed by atoms with Gasteiger partial charge in [0.1, 0.15) is 0 Å². The summed E-state index contributed by atoms with van der Waals surface area (Å²) in [5.41, 5.74) is 0.560. The number of carbonyl (C=O) groups excluding carboxylic acids is 1. The Bertz CT molecular complexity index is 168. The Morgan fingerprint density at radius 1 is 1.60 bits per heavy atom. The van der Waals surface area contributed by atoms with Crippen molar-refractivity contribution in [2.45, 2.75) is 20.3 Å². The lowest BCUT2D eigenvalue weighted by Crippen LogP contribution is -2.05. The van der Waals surface area contributed by atoms with E-state index in [1.54, 1.807) is 20.0 Å². The lowest BCUT2D eigenvalue weighted by atomic mass is 10.2. The summed E-state index contributed by atoms with van der Waals surface area (Å²) in [6.45, 7) is 3.70. The number of hydrogen-bond donors (Lipinski definition) is 0. The molecule has 0 aromatic carbocycles. The minimum absolute atomic E-state index is 0.00403. The third-order valence-corrected chi connectivity index (χ3v) is 1.20. The number of carbonyl (C=O) groups is 1. The van der Waals surface area contributed by atoms with E-state index in [1.165, 1.54) is 0 Å². The summed E-state index contributed by atoms with van der Waals surface area (Å²) in [7, 11) is 1.62. The first-order valence-electron chi connectivity index (χ1n) is 3.36. The van der Waals surface area contributed by atoms with Crippen LogP contribution in [-0.2, 0) is 4.79 Å². The maximum atomic E-state index is 10.9. The smallest absolute Gasteiger partial charge is 0.198 e. The van der Waals surface area contributed by atoms with Gasteiger partial charge < -0.3 is 0 Å². The standard InChI is InChI=1S/C8H13NO/c1-4-5-6-8(10)7(2)9-3/h5-6H,4H2,1-3H3/b6-5-,9-7?. The summed E-state index contributed by atoms with van der Waals surface area (Å²) in [6.07, 6.45) is 4.28. The maximum Gasteiger partial charge on any atom is 0.198 e. The van der Waals surface area contributed by atoms with Crippen molar-refractivity contribution in [3.63, 3.8) is 0 Å². The Kier molecular flexibility index (Phi) is 4.46. The third kappa shape index (κ3) is 3.17. The molecular weight excluding hydrogens is 126 g/mol. The first-order valence-corrected chi connectivity index (χ1v) is 3.36. The molecular formula is C8H13NO. The molecule has 0 heterocycles. The number of nitrogens with zero attached hydrogens (tertiary/aromatic N) is 1. The van der Waals surface area contributed by atoms with Gasteiger partial charge in [-0.1, -0.05) is 13.0 Å². The topological polar surface area (TPSA) is 29.4 Å². The molecule has 0 fully saturated rings. The lowest BCUT2D eigenvalue weighted by molar-refractivity contribution is -0.108. The molecule has 0 aliphatic rings. The molecule has 0 radical (unpaired) electrons. The highest BCUT2D eigenvalue weighted by Crippen LogP contribution is 1.85. The Morgan fingerprint density at radius 3 is 2.60 bits per heavy atom. The minimum Gasteiger partial charge on any atom is -0.289 e. The van der Waals surface area contributed by atoms with Crippen molar-refractivity contribution in [2.75, 3.05) is 7.05 Å². The molecule has 0 aliphatic carbocycles. The highest BCUT2D eigenvalue weighted by atomic mass is 16.1. The second-order valence-corrected chi connectivity index (χ2v) is 1.98. The highest BCUT2D eigenvalue weighted by molar-refractivity contribution is 6.43. The molecule has 0 unspecified atom stereocenters. The van der Waals surface area contributed by atoms with Gasteiger partial charge in [0, 0.05) is 7.05 Å². The van der Waals surface area contributed by atoms with Gasteiger partial charge in [-0.2, -0.15) is 0 Å². The van der Waals surface area contributed by atoms with E-state index in [-0.39, 0.29) is 5.78 Å². The SMILES string of the molecule is CC/C=C\C(=O)C(C)=NC. The number of rotatable bonds is 3. The van der Waals surface area contributed by atoms with Crippen molar-refractivity contribution in [3.05, 3.63) is 12.2 Å². The average molecular weight is 139 g/mol. The van der Waals surface area contributed by atoms with E-state index in [1.807, 2.05) is 13.0 Å². The average Bonchev–Trinajstić information content (AvgIpc) is 1.98. The first-order chi connectivity index (χ1) is 4.72. The monoisotopic (exact) mass is 139 g/mol. The number of hydrogen-bond acceptors (Lipinski definition) is 2. The molecule has 0 spiro atoms. The van der Waals surface area contributed by atoms with Crippen LogP contribution in [0.4, 0.5) is 0 Å². The Morgan fingerprint density at radius 2 is 2.20 bits per heavy atom. The fourth-order valence-corrected chi connectivity index (χ4v) is 0.456. The molecule has 2 heteroatoms. The zero-order valence-corrected chi connectivity index (χ0v) is 6.72. The summed E-state index contributed by atoms with van der Waals surface area (Å²) in [5, 5.41) is 0. The van der Waals surface area contributed by atoms with Crippen LogP contribution >= 0.6 is 0 Å². The molecule has 0 bridgehead atoms. The van der Waals surface area contributed by atoms with Gasteiger partial charge in [-0.05, 0) is 19.4 Å². The fourth-order valence-electron chi connectivity index (χ4n) is 0.456. The van der Waals surface area contributed by atoms with Gasteiger partial charge in [0.15, 0.2) is 5.78 Å². The highest BCUT2D eigenvalue weighted by Gasteiger charge is 1.96. The van der Waals surface area contributed by atoms with Gasteiger partial charge in [-0.3, -0.25) is 9.79 Å². The van der Waals surface area contributed by atoms with E-state index in [0.717, 1.165) is 6.42 Å². The number of aliphatic imine (C=N–C) groups is 1. The van der Waals surface area contributed by atoms with Crippen molar-refractivity contribution in [1.29, 1.82) is 0 Å². The van der Waals surface area contributed by atoms with Gasteiger partial charge >= 0.3 is 0 Å². The summed E-state index contributed by atoms with van der Waals surface area (Å²) in [4.78, 5) is 14.7. The van der Waals surface area contributed by atoms with Crippen LogP contribution in [0.1, 0.15) is 20.3 Å². The molecule has 0 rings (SSSR count). The molecule has 10 heavy (non-hydrogen) atoms. The van der Waals surface area contributed by atoms with Crippen molar-refractivity contribution in [3.8, 4) is 0 Å². The van der Waals surface area contributed by atoms with Crippen LogP contribution in [0.2, 0.25) is 0 Å². The first kappa shape index (κ1) is 9.08. The van der Waals surface area contributed by atoms with E-state index in [2.05, 4.69) is 4.99 Å². The quantitative estimate of drug-likeness (QED) is 0.431. The molecule has 0 amide bonds. The normalized spacial score (nSPS) is 12.5. The summed E-state index contributed by atoms with van der Waals surface area (Å²) in [5.74, 6) is 0.00403. The third-order valence-electron chi connectivity index (χ3n) is 1.20. The fraction of sp³-hybridized carbons (Fsp3) is 0.500. The predicted octanol–water partition coefficient (Wildman–Crippen LogP) is 1.61. The second kappa shape index (κ2) is 4.91. The van der Waals surface area contributed by atoms with Crippen molar-refractivity contribution in [2.24, 2.45) is 4.99 Å². The van der Waals surface area contributed by atoms with Crippen LogP contribution in [0.25, 0.3) is 0 Å². The molecule has 56 valence electrons. The molecule has 2 nitrogen and oxygen atoms in total. The maximum absolute atomic E-state index is 10.9. The lowest BCUT2D eigenvalue weighted by Gasteiger charge is -1.88. The van der Waals surface area contributed by atoms with Crippen LogP contribution in [0.5, 0.6) is 0 Å². The van der Waals surface area contributed by atoms with Crippen LogP contribution in [-0.4, -0.2) is 18.5 Å².